The van der Waals surface area contributed by atoms with Gasteiger partial charge >= 0.3 is 0 Å². The Morgan fingerprint density at radius 2 is 1.94 bits per heavy atom. The molecule has 5 heteroatoms. The van der Waals surface area contributed by atoms with Crippen molar-refractivity contribution in [3.05, 3.63) is 41.1 Å². The van der Waals surface area contributed by atoms with Crippen molar-refractivity contribution in [3.63, 3.8) is 0 Å². The van der Waals surface area contributed by atoms with Crippen LogP contribution in [0.4, 0.5) is 5.69 Å². The molecule has 2 aromatic heterocycles. The number of nitrogens with one attached hydrogen (secondary N) is 1. The second kappa shape index (κ2) is 4.62. The fourth-order valence-electron chi connectivity index (χ4n) is 1.63. The predicted molar refractivity (Wildman–Crippen MR) is 72.6 cm³/mol. The van der Waals surface area contributed by atoms with Crippen LogP contribution in [0.25, 0.3) is 22.8 Å². The molecule has 0 aliphatic carbocycles. The zero-order valence-electron chi connectivity index (χ0n) is 9.75. The van der Waals surface area contributed by atoms with Crippen LogP contribution in [0.1, 0.15) is 0 Å². The van der Waals surface area contributed by atoms with Crippen molar-refractivity contribution in [2.45, 2.75) is 0 Å². The van der Waals surface area contributed by atoms with Crippen LogP contribution in [0.2, 0.25) is 0 Å². The van der Waals surface area contributed by atoms with E-state index >= 15 is 0 Å². The van der Waals surface area contributed by atoms with E-state index in [0.29, 0.717) is 11.7 Å². The Hall–Kier alpha value is -2.14. The molecule has 0 bridgehead atoms. The van der Waals surface area contributed by atoms with Crippen molar-refractivity contribution in [3.8, 4) is 22.8 Å². The zero-order chi connectivity index (χ0) is 12.4. The molecular formula is C13H11N3OS. The molecule has 1 aromatic carbocycles. The molecule has 2 heterocycles. The van der Waals surface area contributed by atoms with Crippen molar-refractivity contribution in [1.29, 1.82) is 0 Å². The summed E-state index contributed by atoms with van der Waals surface area (Å²) >= 11 is 1.61. The molecular weight excluding hydrogens is 246 g/mol. The first-order chi connectivity index (χ1) is 8.86. The second-order valence-electron chi connectivity index (χ2n) is 3.76. The summed E-state index contributed by atoms with van der Waals surface area (Å²) < 4.78 is 5.27. The summed E-state index contributed by atoms with van der Waals surface area (Å²) in [7, 11) is 1.89. The molecule has 0 saturated carbocycles. The van der Waals surface area contributed by atoms with Gasteiger partial charge in [-0.15, -0.1) is 0 Å². The maximum atomic E-state index is 5.27. The van der Waals surface area contributed by atoms with E-state index in [1.165, 1.54) is 0 Å². The van der Waals surface area contributed by atoms with E-state index < -0.39 is 0 Å². The molecule has 3 rings (SSSR count). The van der Waals surface area contributed by atoms with Gasteiger partial charge in [-0.2, -0.15) is 16.3 Å². The number of hydrogen-bond acceptors (Lipinski definition) is 5. The van der Waals surface area contributed by atoms with Gasteiger partial charge in [-0.05, 0) is 35.7 Å². The molecule has 0 atom stereocenters. The Morgan fingerprint density at radius 1 is 1.11 bits per heavy atom. The van der Waals surface area contributed by atoms with E-state index in [2.05, 4.69) is 15.5 Å². The molecule has 18 heavy (non-hydrogen) atoms. The van der Waals surface area contributed by atoms with E-state index in [4.69, 9.17) is 4.52 Å². The first kappa shape index (κ1) is 11.0. The smallest absolute Gasteiger partial charge is 0.258 e. The lowest BCUT2D eigenvalue weighted by Crippen LogP contribution is -1.86. The Balaban J connectivity index is 1.92. The molecule has 0 saturated heterocycles. The molecule has 1 N–H and O–H groups in total. The van der Waals surface area contributed by atoms with Crippen LogP contribution in [0.3, 0.4) is 0 Å². The Kier molecular flexibility index (Phi) is 2.82. The fourth-order valence-corrected chi connectivity index (χ4v) is 2.26. The van der Waals surface area contributed by atoms with Crippen LogP contribution < -0.4 is 5.32 Å². The van der Waals surface area contributed by atoms with E-state index in [0.717, 1.165) is 16.8 Å². The molecule has 3 aromatic rings. The number of aromatic nitrogens is 2. The standard InChI is InChI=1S/C13H11N3OS/c1-14-11-4-2-9(3-5-11)13-15-12(16-17-13)10-6-7-18-8-10/h2-8,14H,1H3. The van der Waals surface area contributed by atoms with E-state index in [1.807, 2.05) is 48.1 Å². The first-order valence-corrected chi connectivity index (χ1v) is 6.45. The summed E-state index contributed by atoms with van der Waals surface area (Å²) in [5.41, 5.74) is 2.96. The normalized spacial score (nSPS) is 10.5. The van der Waals surface area contributed by atoms with E-state index in [-0.39, 0.29) is 0 Å². The highest BCUT2D eigenvalue weighted by Crippen LogP contribution is 2.24. The molecule has 0 aliphatic rings. The van der Waals surface area contributed by atoms with Gasteiger partial charge < -0.3 is 9.84 Å². The molecule has 0 unspecified atom stereocenters. The minimum atomic E-state index is 0.541. The topological polar surface area (TPSA) is 51.0 Å². The number of rotatable bonds is 3. The van der Waals surface area contributed by atoms with Crippen LogP contribution in [0.15, 0.2) is 45.6 Å². The van der Waals surface area contributed by atoms with Gasteiger partial charge in [0.25, 0.3) is 5.89 Å². The maximum absolute atomic E-state index is 5.27. The predicted octanol–water partition coefficient (Wildman–Crippen LogP) is 3.51. The summed E-state index contributed by atoms with van der Waals surface area (Å²) in [6, 6.07) is 9.84. The van der Waals surface area contributed by atoms with Gasteiger partial charge in [-0.1, -0.05) is 5.16 Å². The molecule has 0 amide bonds. The maximum Gasteiger partial charge on any atom is 0.258 e. The third-order valence-electron chi connectivity index (χ3n) is 2.63. The largest absolute Gasteiger partial charge is 0.388 e. The van der Waals surface area contributed by atoms with Crippen LogP contribution in [0, 0.1) is 0 Å². The summed E-state index contributed by atoms with van der Waals surface area (Å²) in [6.45, 7) is 0. The Labute approximate surface area is 108 Å². The first-order valence-electron chi connectivity index (χ1n) is 5.51. The van der Waals surface area contributed by atoms with Gasteiger partial charge in [0.05, 0.1) is 0 Å². The lowest BCUT2D eigenvalue weighted by molar-refractivity contribution is 0.432. The molecule has 0 radical (unpaired) electrons. The summed E-state index contributed by atoms with van der Waals surface area (Å²) in [5.74, 6) is 1.17. The Bertz CT molecular complexity index is 629. The van der Waals surface area contributed by atoms with Gasteiger partial charge in [0, 0.05) is 29.2 Å². The van der Waals surface area contributed by atoms with Gasteiger partial charge in [-0.3, -0.25) is 0 Å². The van der Waals surface area contributed by atoms with Crippen molar-refractivity contribution in [2.75, 3.05) is 12.4 Å². The molecule has 0 aliphatic heterocycles. The highest BCUT2D eigenvalue weighted by atomic mass is 32.1. The molecule has 90 valence electrons. The van der Waals surface area contributed by atoms with E-state index in [9.17, 15) is 0 Å². The number of anilines is 1. The third-order valence-corrected chi connectivity index (χ3v) is 3.31. The SMILES string of the molecule is CNc1ccc(-c2nc(-c3ccsc3)no2)cc1. The third kappa shape index (κ3) is 2.00. The average Bonchev–Trinajstić information content (AvgIpc) is 3.09. The minimum absolute atomic E-state index is 0.541. The van der Waals surface area contributed by atoms with E-state index in [1.54, 1.807) is 11.3 Å². The van der Waals surface area contributed by atoms with Crippen LogP contribution in [0.5, 0.6) is 0 Å². The van der Waals surface area contributed by atoms with Gasteiger partial charge in [0.1, 0.15) is 0 Å². The highest BCUT2D eigenvalue weighted by Gasteiger charge is 2.10. The van der Waals surface area contributed by atoms with Crippen molar-refractivity contribution in [2.24, 2.45) is 0 Å². The Morgan fingerprint density at radius 3 is 2.61 bits per heavy atom. The minimum Gasteiger partial charge on any atom is -0.388 e. The molecule has 0 spiro atoms. The molecule has 0 fully saturated rings. The summed E-state index contributed by atoms with van der Waals surface area (Å²) in [5, 5.41) is 11.0. The van der Waals surface area contributed by atoms with Crippen molar-refractivity contribution >= 4 is 17.0 Å². The van der Waals surface area contributed by atoms with Gasteiger partial charge in [0.2, 0.25) is 5.82 Å². The monoisotopic (exact) mass is 257 g/mol. The number of thiophene rings is 1. The lowest BCUT2D eigenvalue weighted by Gasteiger charge is -1.99. The van der Waals surface area contributed by atoms with Crippen LogP contribution >= 0.6 is 11.3 Å². The van der Waals surface area contributed by atoms with Crippen LogP contribution in [-0.4, -0.2) is 17.2 Å². The number of nitrogens with zero attached hydrogens (tertiary/aromatic N) is 2. The van der Waals surface area contributed by atoms with Crippen LogP contribution in [-0.2, 0) is 0 Å². The van der Waals surface area contributed by atoms with Gasteiger partial charge in [0.15, 0.2) is 0 Å². The fraction of sp³-hybridized carbons (Fsp3) is 0.0769. The van der Waals surface area contributed by atoms with Gasteiger partial charge in [-0.25, -0.2) is 0 Å². The highest BCUT2D eigenvalue weighted by molar-refractivity contribution is 7.08. The number of benzene rings is 1. The second-order valence-corrected chi connectivity index (χ2v) is 4.54. The summed E-state index contributed by atoms with van der Waals surface area (Å²) in [4.78, 5) is 4.39. The average molecular weight is 257 g/mol. The van der Waals surface area contributed by atoms with Crippen molar-refractivity contribution in [1.82, 2.24) is 10.1 Å². The summed E-state index contributed by atoms with van der Waals surface area (Å²) in [6.07, 6.45) is 0. The lowest BCUT2D eigenvalue weighted by atomic mass is 10.2. The molecule has 4 nitrogen and oxygen atoms in total. The zero-order valence-corrected chi connectivity index (χ0v) is 10.6. The number of hydrogen-bond donors (Lipinski definition) is 1. The quantitative estimate of drug-likeness (QED) is 0.780. The van der Waals surface area contributed by atoms with Crippen molar-refractivity contribution < 1.29 is 4.52 Å².